The molecular weight excluding hydrogens is 254 g/mol. The van der Waals surface area contributed by atoms with E-state index >= 15 is 0 Å². The summed E-state index contributed by atoms with van der Waals surface area (Å²) in [5.41, 5.74) is 0. The Balaban J connectivity index is 2.14. The van der Waals surface area contributed by atoms with Crippen LogP contribution in [-0.4, -0.2) is 58.1 Å². The van der Waals surface area contributed by atoms with Crippen molar-refractivity contribution in [2.45, 2.75) is 37.6 Å². The Morgan fingerprint density at radius 3 is 2.63 bits per heavy atom. The van der Waals surface area contributed by atoms with Crippen molar-refractivity contribution in [3.05, 3.63) is 18.3 Å². The standard InChI is InChI=1S/C12H17NO6/c1-6-8(14)9(15)10(16)12(18-6)19-11-7(17-2)4-3-5-13-11/h3-6,8-10,12,14-16H,1-2H3/t6-,8+,9+,10-,12+/m0/s1. The van der Waals surface area contributed by atoms with Crippen LogP contribution in [0.25, 0.3) is 0 Å². The SMILES string of the molecule is COc1cccnc1O[C@H]1O[C@@H](C)[C@@H](O)[C@@H](O)[C@@H]1O. The first kappa shape index (κ1) is 14.0. The largest absolute Gasteiger partial charge is 0.491 e. The fraction of sp³-hybridized carbons (Fsp3) is 0.583. The molecule has 3 N–H and O–H groups in total. The molecule has 0 radical (unpaired) electrons. The van der Waals surface area contributed by atoms with Crippen LogP contribution in [0.15, 0.2) is 18.3 Å². The Labute approximate surface area is 110 Å². The lowest BCUT2D eigenvalue weighted by Gasteiger charge is -2.38. The van der Waals surface area contributed by atoms with E-state index < -0.39 is 30.7 Å². The van der Waals surface area contributed by atoms with Gasteiger partial charge in [0.15, 0.2) is 5.75 Å². The summed E-state index contributed by atoms with van der Waals surface area (Å²) in [5.74, 6) is 0.524. The molecule has 5 atom stereocenters. The van der Waals surface area contributed by atoms with Gasteiger partial charge in [-0.1, -0.05) is 0 Å². The van der Waals surface area contributed by atoms with Crippen LogP contribution in [0.2, 0.25) is 0 Å². The van der Waals surface area contributed by atoms with Crippen LogP contribution in [0.4, 0.5) is 0 Å². The number of rotatable bonds is 3. The van der Waals surface area contributed by atoms with E-state index in [9.17, 15) is 15.3 Å². The lowest BCUT2D eigenvalue weighted by atomic mass is 10.0. The molecule has 1 aliphatic rings. The van der Waals surface area contributed by atoms with Crippen LogP contribution < -0.4 is 9.47 Å². The van der Waals surface area contributed by atoms with Gasteiger partial charge in [-0.2, -0.15) is 0 Å². The zero-order valence-corrected chi connectivity index (χ0v) is 10.6. The highest BCUT2D eigenvalue weighted by molar-refractivity contribution is 5.32. The number of hydrogen-bond donors (Lipinski definition) is 3. The van der Waals surface area contributed by atoms with E-state index in [0.29, 0.717) is 5.75 Å². The predicted octanol–water partition coefficient (Wildman–Crippen LogP) is -0.704. The molecule has 2 heterocycles. The highest BCUT2D eigenvalue weighted by Crippen LogP contribution is 2.28. The van der Waals surface area contributed by atoms with Crippen molar-refractivity contribution in [2.75, 3.05) is 7.11 Å². The summed E-state index contributed by atoms with van der Waals surface area (Å²) in [5, 5.41) is 29.1. The Hall–Kier alpha value is -1.41. The van der Waals surface area contributed by atoms with E-state index in [1.165, 1.54) is 13.3 Å². The number of hydrogen-bond acceptors (Lipinski definition) is 7. The molecule has 1 aromatic heterocycles. The van der Waals surface area contributed by atoms with E-state index in [-0.39, 0.29) is 5.88 Å². The fourth-order valence-corrected chi connectivity index (χ4v) is 1.84. The molecule has 0 unspecified atom stereocenters. The molecule has 2 rings (SSSR count). The molecule has 0 aliphatic carbocycles. The highest BCUT2D eigenvalue weighted by atomic mass is 16.7. The number of methoxy groups -OCH3 is 1. The van der Waals surface area contributed by atoms with Crippen molar-refractivity contribution in [2.24, 2.45) is 0 Å². The minimum atomic E-state index is -1.38. The quantitative estimate of drug-likeness (QED) is 0.668. The molecule has 0 spiro atoms. The minimum absolute atomic E-state index is 0.143. The molecule has 0 aromatic carbocycles. The highest BCUT2D eigenvalue weighted by Gasteiger charge is 2.43. The van der Waals surface area contributed by atoms with Crippen LogP contribution in [-0.2, 0) is 4.74 Å². The Morgan fingerprint density at radius 2 is 1.95 bits per heavy atom. The topological polar surface area (TPSA) is 101 Å². The first-order chi connectivity index (χ1) is 9.04. The third kappa shape index (κ3) is 2.79. The Kier molecular flexibility index (Phi) is 4.20. The number of aliphatic hydroxyl groups is 3. The van der Waals surface area contributed by atoms with Crippen LogP contribution in [0, 0.1) is 0 Å². The smallest absolute Gasteiger partial charge is 0.259 e. The van der Waals surface area contributed by atoms with Crippen molar-refractivity contribution < 1.29 is 29.5 Å². The van der Waals surface area contributed by atoms with Gasteiger partial charge in [-0.15, -0.1) is 0 Å². The van der Waals surface area contributed by atoms with Gasteiger partial charge in [-0.05, 0) is 19.1 Å². The van der Waals surface area contributed by atoms with Gasteiger partial charge in [0.25, 0.3) is 5.88 Å². The molecule has 1 aliphatic heterocycles. The lowest BCUT2D eigenvalue weighted by Crippen LogP contribution is -2.58. The summed E-state index contributed by atoms with van der Waals surface area (Å²) in [6.07, 6.45) is -4.18. The van der Waals surface area contributed by atoms with Crippen molar-refractivity contribution >= 4 is 0 Å². The van der Waals surface area contributed by atoms with E-state index in [0.717, 1.165) is 0 Å². The van der Waals surface area contributed by atoms with Gasteiger partial charge < -0.3 is 29.5 Å². The summed E-state index contributed by atoms with van der Waals surface area (Å²) in [7, 11) is 1.46. The predicted molar refractivity (Wildman–Crippen MR) is 63.8 cm³/mol. The first-order valence-corrected chi connectivity index (χ1v) is 5.90. The molecule has 0 saturated carbocycles. The second kappa shape index (κ2) is 5.70. The minimum Gasteiger partial charge on any atom is -0.491 e. The molecule has 1 aromatic rings. The third-order valence-electron chi connectivity index (χ3n) is 2.99. The van der Waals surface area contributed by atoms with E-state index in [4.69, 9.17) is 14.2 Å². The van der Waals surface area contributed by atoms with Gasteiger partial charge in [0, 0.05) is 6.20 Å². The Bertz CT molecular complexity index is 428. The number of aromatic nitrogens is 1. The van der Waals surface area contributed by atoms with Gasteiger partial charge in [-0.25, -0.2) is 4.98 Å². The monoisotopic (exact) mass is 271 g/mol. The van der Waals surface area contributed by atoms with Gasteiger partial charge >= 0.3 is 0 Å². The fourth-order valence-electron chi connectivity index (χ4n) is 1.84. The molecule has 0 bridgehead atoms. The molecule has 0 amide bonds. The molecule has 1 fully saturated rings. The summed E-state index contributed by atoms with van der Waals surface area (Å²) in [6.45, 7) is 1.58. The number of nitrogens with zero attached hydrogens (tertiary/aromatic N) is 1. The second-order valence-corrected chi connectivity index (χ2v) is 4.31. The van der Waals surface area contributed by atoms with Crippen molar-refractivity contribution in [3.8, 4) is 11.6 Å². The number of ether oxygens (including phenoxy) is 3. The maximum absolute atomic E-state index is 9.82. The third-order valence-corrected chi connectivity index (χ3v) is 2.99. The molecule has 7 heteroatoms. The van der Waals surface area contributed by atoms with Crippen molar-refractivity contribution in [1.82, 2.24) is 4.98 Å². The normalized spacial score (nSPS) is 34.9. The Morgan fingerprint density at radius 1 is 1.21 bits per heavy atom. The van der Waals surface area contributed by atoms with Gasteiger partial charge in [0.1, 0.15) is 18.3 Å². The van der Waals surface area contributed by atoms with E-state index in [1.807, 2.05) is 0 Å². The zero-order chi connectivity index (χ0) is 14.0. The molecule has 1 saturated heterocycles. The average Bonchev–Trinajstić information content (AvgIpc) is 2.43. The first-order valence-electron chi connectivity index (χ1n) is 5.90. The summed E-state index contributed by atoms with van der Waals surface area (Å²) < 4.78 is 15.8. The maximum atomic E-state index is 9.82. The van der Waals surface area contributed by atoms with Gasteiger partial charge in [0.2, 0.25) is 6.29 Å². The second-order valence-electron chi connectivity index (χ2n) is 4.31. The lowest BCUT2D eigenvalue weighted by molar-refractivity contribution is -0.269. The maximum Gasteiger partial charge on any atom is 0.259 e. The van der Waals surface area contributed by atoms with Crippen molar-refractivity contribution in [1.29, 1.82) is 0 Å². The number of aliphatic hydroxyl groups excluding tert-OH is 3. The average molecular weight is 271 g/mol. The molecule has 106 valence electrons. The zero-order valence-electron chi connectivity index (χ0n) is 10.6. The van der Waals surface area contributed by atoms with E-state index in [2.05, 4.69) is 4.98 Å². The summed E-state index contributed by atoms with van der Waals surface area (Å²) in [6, 6.07) is 3.32. The van der Waals surface area contributed by atoms with Crippen LogP contribution in [0.5, 0.6) is 11.6 Å². The molecular formula is C12H17NO6. The van der Waals surface area contributed by atoms with Crippen molar-refractivity contribution in [3.63, 3.8) is 0 Å². The van der Waals surface area contributed by atoms with Gasteiger partial charge in [-0.3, -0.25) is 0 Å². The van der Waals surface area contributed by atoms with Crippen LogP contribution in [0.3, 0.4) is 0 Å². The van der Waals surface area contributed by atoms with Crippen LogP contribution >= 0.6 is 0 Å². The molecule has 19 heavy (non-hydrogen) atoms. The summed E-state index contributed by atoms with van der Waals surface area (Å²) in [4.78, 5) is 3.96. The van der Waals surface area contributed by atoms with Gasteiger partial charge in [0.05, 0.1) is 13.2 Å². The molecule has 7 nitrogen and oxygen atoms in total. The number of pyridine rings is 1. The summed E-state index contributed by atoms with van der Waals surface area (Å²) >= 11 is 0. The van der Waals surface area contributed by atoms with E-state index in [1.54, 1.807) is 19.1 Å². The van der Waals surface area contributed by atoms with Crippen LogP contribution in [0.1, 0.15) is 6.92 Å².